The second-order valence-corrected chi connectivity index (χ2v) is 5.29. The minimum atomic E-state index is -0.505. The number of hydrogen-bond donors (Lipinski definition) is 1. The zero-order valence-corrected chi connectivity index (χ0v) is 11.7. The summed E-state index contributed by atoms with van der Waals surface area (Å²) in [7, 11) is 0. The molecule has 2 atom stereocenters. The third-order valence-electron chi connectivity index (χ3n) is 3.42. The highest BCUT2D eigenvalue weighted by Gasteiger charge is 2.22. The minimum Gasteiger partial charge on any atom is -0.378 e. The Bertz CT molecular complexity index is 581. The number of aromatic nitrogens is 2. The van der Waals surface area contributed by atoms with Gasteiger partial charge in [0.15, 0.2) is 5.82 Å². The first kappa shape index (κ1) is 13.5. The third-order valence-corrected chi connectivity index (χ3v) is 3.77. The van der Waals surface area contributed by atoms with Crippen LogP contribution in [-0.4, -0.2) is 22.9 Å². The molecule has 1 unspecified atom stereocenters. The van der Waals surface area contributed by atoms with Crippen LogP contribution < -0.4 is 5.73 Å². The van der Waals surface area contributed by atoms with E-state index in [4.69, 9.17) is 26.6 Å². The van der Waals surface area contributed by atoms with Gasteiger partial charge < -0.3 is 15.0 Å². The summed E-state index contributed by atoms with van der Waals surface area (Å²) in [5.74, 6) is 1.01. The summed E-state index contributed by atoms with van der Waals surface area (Å²) in [6.07, 6.45) is 2.99. The Balaban J connectivity index is 1.74. The van der Waals surface area contributed by atoms with Gasteiger partial charge in [0.1, 0.15) is 6.04 Å². The zero-order valence-electron chi connectivity index (χ0n) is 11.0. The van der Waals surface area contributed by atoms with Gasteiger partial charge in [-0.25, -0.2) is 0 Å². The minimum absolute atomic E-state index is 0.192. The first-order valence-electron chi connectivity index (χ1n) is 6.68. The van der Waals surface area contributed by atoms with Gasteiger partial charge in [-0.15, -0.1) is 0 Å². The Morgan fingerprint density at radius 1 is 1.40 bits per heavy atom. The quantitative estimate of drug-likeness (QED) is 0.937. The van der Waals surface area contributed by atoms with Crippen molar-refractivity contribution in [1.82, 2.24) is 10.1 Å². The third kappa shape index (κ3) is 2.85. The molecule has 0 saturated carbocycles. The monoisotopic (exact) mass is 293 g/mol. The molecule has 2 N–H and O–H groups in total. The van der Waals surface area contributed by atoms with Crippen molar-refractivity contribution < 1.29 is 9.26 Å². The van der Waals surface area contributed by atoms with Gasteiger partial charge in [-0.2, -0.15) is 4.98 Å². The maximum Gasteiger partial charge on any atom is 0.248 e. The van der Waals surface area contributed by atoms with Gasteiger partial charge in [-0.1, -0.05) is 35.0 Å². The molecule has 3 rings (SSSR count). The normalized spacial score (nSPS) is 20.2. The molecule has 0 amide bonds. The Hall–Kier alpha value is -1.43. The summed E-state index contributed by atoms with van der Waals surface area (Å²) in [6.45, 7) is 0.814. The summed E-state index contributed by atoms with van der Waals surface area (Å²) in [5.41, 5.74) is 6.91. The number of rotatable bonds is 4. The Morgan fingerprint density at radius 3 is 3.00 bits per heavy atom. The first-order chi connectivity index (χ1) is 9.74. The fraction of sp³-hybridized carbons (Fsp3) is 0.429. The van der Waals surface area contributed by atoms with E-state index in [-0.39, 0.29) is 6.10 Å². The van der Waals surface area contributed by atoms with Gasteiger partial charge >= 0.3 is 0 Å². The molecule has 1 aromatic carbocycles. The Labute approximate surface area is 122 Å². The average Bonchev–Trinajstić information content (AvgIpc) is 3.11. The van der Waals surface area contributed by atoms with Crippen molar-refractivity contribution in [3.8, 4) is 0 Å². The van der Waals surface area contributed by atoms with Crippen LogP contribution >= 0.6 is 11.6 Å². The van der Waals surface area contributed by atoms with Gasteiger partial charge in [0.25, 0.3) is 0 Å². The van der Waals surface area contributed by atoms with Gasteiger partial charge in [0.05, 0.1) is 6.10 Å². The van der Waals surface area contributed by atoms with Crippen molar-refractivity contribution in [1.29, 1.82) is 0 Å². The topological polar surface area (TPSA) is 74.2 Å². The summed E-state index contributed by atoms with van der Waals surface area (Å²) >= 11 is 6.12. The van der Waals surface area contributed by atoms with Crippen LogP contribution in [0.15, 0.2) is 28.8 Å². The van der Waals surface area contributed by atoms with E-state index in [0.717, 1.165) is 25.0 Å². The highest BCUT2D eigenvalue weighted by Crippen LogP contribution is 2.25. The molecule has 0 spiro atoms. The van der Waals surface area contributed by atoms with Crippen molar-refractivity contribution in [3.63, 3.8) is 0 Å². The lowest BCUT2D eigenvalue weighted by Gasteiger charge is -2.08. The molecular formula is C14H16ClN3O2. The Morgan fingerprint density at radius 2 is 2.25 bits per heavy atom. The van der Waals surface area contributed by atoms with E-state index >= 15 is 0 Å². The number of benzene rings is 1. The second kappa shape index (κ2) is 5.91. The van der Waals surface area contributed by atoms with E-state index < -0.39 is 6.04 Å². The number of ether oxygens (including phenoxy) is 1. The number of nitrogens with two attached hydrogens (primary N) is 1. The average molecular weight is 294 g/mol. The molecule has 1 fully saturated rings. The summed E-state index contributed by atoms with van der Waals surface area (Å²) < 4.78 is 10.8. The van der Waals surface area contributed by atoms with Crippen LogP contribution in [0.5, 0.6) is 0 Å². The van der Waals surface area contributed by atoms with Gasteiger partial charge in [-0.05, 0) is 24.5 Å². The summed E-state index contributed by atoms with van der Waals surface area (Å²) in [5, 5.41) is 4.56. The van der Waals surface area contributed by atoms with E-state index in [1.807, 2.05) is 18.2 Å². The molecule has 0 radical (unpaired) electrons. The van der Waals surface area contributed by atoms with E-state index in [0.29, 0.717) is 23.2 Å². The predicted molar refractivity (Wildman–Crippen MR) is 74.5 cm³/mol. The van der Waals surface area contributed by atoms with Gasteiger partial charge in [-0.3, -0.25) is 0 Å². The van der Waals surface area contributed by atoms with Crippen molar-refractivity contribution in [3.05, 3.63) is 46.6 Å². The summed E-state index contributed by atoms with van der Waals surface area (Å²) in [4.78, 5) is 4.35. The molecule has 1 aliphatic rings. The summed E-state index contributed by atoms with van der Waals surface area (Å²) in [6, 6.07) is 6.88. The fourth-order valence-electron chi connectivity index (χ4n) is 2.35. The maximum absolute atomic E-state index is 6.13. The van der Waals surface area contributed by atoms with E-state index in [2.05, 4.69) is 10.1 Å². The second-order valence-electron chi connectivity index (χ2n) is 4.89. The van der Waals surface area contributed by atoms with Crippen LogP contribution in [0.2, 0.25) is 5.02 Å². The molecule has 1 saturated heterocycles. The molecular weight excluding hydrogens is 278 g/mol. The molecule has 2 aromatic rings. The largest absolute Gasteiger partial charge is 0.378 e. The fourth-order valence-corrected chi connectivity index (χ4v) is 2.60. The van der Waals surface area contributed by atoms with Crippen LogP contribution in [-0.2, 0) is 11.2 Å². The zero-order chi connectivity index (χ0) is 13.9. The lowest BCUT2D eigenvalue weighted by atomic mass is 10.1. The molecule has 6 heteroatoms. The molecule has 1 aromatic heterocycles. The van der Waals surface area contributed by atoms with Crippen LogP contribution in [0.4, 0.5) is 0 Å². The smallest absolute Gasteiger partial charge is 0.248 e. The highest BCUT2D eigenvalue weighted by molar-refractivity contribution is 6.31. The van der Waals surface area contributed by atoms with Gasteiger partial charge in [0.2, 0.25) is 5.89 Å². The molecule has 20 heavy (non-hydrogen) atoms. The Kier molecular flexibility index (Phi) is 4.00. The highest BCUT2D eigenvalue weighted by atomic mass is 35.5. The van der Waals surface area contributed by atoms with Crippen LogP contribution in [0.3, 0.4) is 0 Å². The number of nitrogens with zero attached hydrogens (tertiary/aromatic N) is 2. The van der Waals surface area contributed by atoms with Crippen molar-refractivity contribution in [2.75, 3.05) is 6.61 Å². The van der Waals surface area contributed by atoms with E-state index in [9.17, 15) is 0 Å². The van der Waals surface area contributed by atoms with Crippen LogP contribution in [0.1, 0.15) is 36.2 Å². The van der Waals surface area contributed by atoms with E-state index in [1.165, 1.54) is 0 Å². The number of halogens is 1. The van der Waals surface area contributed by atoms with Gasteiger partial charge in [0, 0.05) is 18.1 Å². The van der Waals surface area contributed by atoms with E-state index in [1.54, 1.807) is 6.07 Å². The van der Waals surface area contributed by atoms with Crippen LogP contribution in [0, 0.1) is 0 Å². The lowest BCUT2D eigenvalue weighted by molar-refractivity contribution is 0.109. The van der Waals surface area contributed by atoms with Crippen LogP contribution in [0.25, 0.3) is 0 Å². The standard InChI is InChI=1S/C14H16ClN3O2/c15-11-6-2-1-5-10(11)13(16)14-17-12(18-20-14)8-9-4-3-7-19-9/h1-2,5-6,9,13H,3-4,7-8,16H2/t9?,13-/m1/s1. The first-order valence-corrected chi connectivity index (χ1v) is 7.06. The maximum atomic E-state index is 6.13. The molecule has 1 aliphatic heterocycles. The molecule has 106 valence electrons. The number of hydrogen-bond acceptors (Lipinski definition) is 5. The van der Waals surface area contributed by atoms with Crippen molar-refractivity contribution >= 4 is 11.6 Å². The molecule has 0 bridgehead atoms. The van der Waals surface area contributed by atoms with Crippen molar-refractivity contribution in [2.45, 2.75) is 31.4 Å². The lowest BCUT2D eigenvalue weighted by Crippen LogP contribution is -2.14. The predicted octanol–water partition coefficient (Wildman–Crippen LogP) is 2.49. The molecule has 2 heterocycles. The van der Waals surface area contributed by atoms with Crippen molar-refractivity contribution in [2.24, 2.45) is 5.73 Å². The molecule has 5 nitrogen and oxygen atoms in total. The SMILES string of the molecule is N[C@@H](c1nc(CC2CCCO2)no1)c1ccccc1Cl. The molecule has 0 aliphatic carbocycles.